The lowest BCUT2D eigenvalue weighted by Gasteiger charge is -2.18. The van der Waals surface area contributed by atoms with Gasteiger partial charge in [-0.25, -0.2) is 0 Å². The molecule has 0 radical (unpaired) electrons. The van der Waals surface area contributed by atoms with Crippen LogP contribution in [0.4, 0.5) is 11.4 Å². The van der Waals surface area contributed by atoms with Gasteiger partial charge in [-0.05, 0) is 36.8 Å². The molecule has 1 unspecified atom stereocenters. The van der Waals surface area contributed by atoms with E-state index >= 15 is 0 Å². The van der Waals surface area contributed by atoms with Crippen LogP contribution in [0.15, 0.2) is 18.2 Å². The molecule has 0 aliphatic heterocycles. The number of hydrogen-bond donors (Lipinski definition) is 1. The summed E-state index contributed by atoms with van der Waals surface area (Å²) in [6.45, 7) is 4.50. The molecule has 1 aliphatic rings. The average Bonchev–Trinajstić information content (AvgIpc) is 2.60. The second-order valence-electron chi connectivity index (χ2n) is 5.67. The van der Waals surface area contributed by atoms with Crippen molar-refractivity contribution in [3.05, 3.63) is 33.3 Å². The minimum absolute atomic E-state index is 0.0427. The molecule has 0 spiro atoms. The Hall–Kier alpha value is -1.29. The van der Waals surface area contributed by atoms with Crippen molar-refractivity contribution in [2.45, 2.75) is 39.2 Å². The molecule has 0 bridgehead atoms. The highest BCUT2D eigenvalue weighted by molar-refractivity contribution is 6.32. The maximum absolute atomic E-state index is 10.8. The second kappa shape index (κ2) is 4.76. The van der Waals surface area contributed by atoms with E-state index < -0.39 is 4.92 Å². The first-order valence-electron chi connectivity index (χ1n) is 6.08. The summed E-state index contributed by atoms with van der Waals surface area (Å²) >= 11 is 5.78. The lowest BCUT2D eigenvalue weighted by atomic mass is 9.92. The van der Waals surface area contributed by atoms with Crippen LogP contribution in [0.5, 0.6) is 0 Å². The van der Waals surface area contributed by atoms with Gasteiger partial charge in [-0.1, -0.05) is 25.4 Å². The predicted octanol–water partition coefficient (Wildman–Crippen LogP) is 4.24. The van der Waals surface area contributed by atoms with Crippen LogP contribution < -0.4 is 5.32 Å². The molecule has 5 heteroatoms. The van der Waals surface area contributed by atoms with Crippen molar-refractivity contribution in [3.8, 4) is 0 Å². The van der Waals surface area contributed by atoms with Gasteiger partial charge in [0.05, 0.1) is 4.92 Å². The number of benzene rings is 1. The van der Waals surface area contributed by atoms with Crippen molar-refractivity contribution < 1.29 is 4.92 Å². The van der Waals surface area contributed by atoms with Crippen LogP contribution in [0.3, 0.4) is 0 Å². The molecule has 1 fully saturated rings. The van der Waals surface area contributed by atoms with Crippen molar-refractivity contribution in [3.63, 3.8) is 0 Å². The third-order valence-electron chi connectivity index (χ3n) is 3.48. The quantitative estimate of drug-likeness (QED) is 0.659. The van der Waals surface area contributed by atoms with Crippen LogP contribution in [-0.4, -0.2) is 11.0 Å². The zero-order chi connectivity index (χ0) is 13.3. The van der Waals surface area contributed by atoms with Crippen LogP contribution in [0, 0.1) is 15.5 Å². The molecule has 1 saturated carbocycles. The smallest absolute Gasteiger partial charge is 0.289 e. The maximum atomic E-state index is 10.8. The third kappa shape index (κ3) is 2.93. The first kappa shape index (κ1) is 13.1. The summed E-state index contributed by atoms with van der Waals surface area (Å²) in [7, 11) is 0. The van der Waals surface area contributed by atoms with E-state index in [2.05, 4.69) is 19.2 Å². The molecular formula is C13H17ClN2O2. The zero-order valence-corrected chi connectivity index (χ0v) is 11.3. The molecule has 0 heterocycles. The first-order chi connectivity index (χ1) is 8.37. The van der Waals surface area contributed by atoms with Crippen molar-refractivity contribution in [1.82, 2.24) is 0 Å². The van der Waals surface area contributed by atoms with Gasteiger partial charge in [0.15, 0.2) is 0 Å². The second-order valence-corrected chi connectivity index (χ2v) is 6.08. The molecule has 98 valence electrons. The van der Waals surface area contributed by atoms with E-state index in [0.29, 0.717) is 11.5 Å². The summed E-state index contributed by atoms with van der Waals surface area (Å²) in [5, 5.41) is 14.3. The molecule has 1 aromatic rings. The van der Waals surface area contributed by atoms with Crippen LogP contribution in [-0.2, 0) is 0 Å². The standard InChI is InChI=1S/C13H17ClN2O2/c1-13(2)6-5-10(8-13)15-9-3-4-11(14)12(7-9)16(17)18/h3-4,7,10,15H,5-6,8H2,1-2H3. The fraction of sp³-hybridized carbons (Fsp3) is 0.538. The highest BCUT2D eigenvalue weighted by atomic mass is 35.5. The van der Waals surface area contributed by atoms with Crippen LogP contribution in [0.2, 0.25) is 5.02 Å². The van der Waals surface area contributed by atoms with Gasteiger partial charge in [0.25, 0.3) is 5.69 Å². The van der Waals surface area contributed by atoms with Crippen LogP contribution in [0.1, 0.15) is 33.1 Å². The Labute approximate surface area is 111 Å². The fourth-order valence-corrected chi connectivity index (χ4v) is 2.72. The molecule has 0 saturated heterocycles. The first-order valence-corrected chi connectivity index (χ1v) is 6.46. The average molecular weight is 269 g/mol. The Kier molecular flexibility index (Phi) is 3.48. The van der Waals surface area contributed by atoms with Gasteiger partial charge in [-0.2, -0.15) is 0 Å². The molecule has 2 rings (SSSR count). The number of halogens is 1. The summed E-state index contributed by atoms with van der Waals surface area (Å²) in [6, 6.07) is 5.26. The van der Waals surface area contributed by atoms with Gasteiger partial charge in [0, 0.05) is 17.8 Å². The Morgan fingerprint density at radius 3 is 2.78 bits per heavy atom. The zero-order valence-electron chi connectivity index (χ0n) is 10.6. The SMILES string of the molecule is CC1(C)CCC(Nc2ccc(Cl)c([N+](=O)[O-])c2)C1. The summed E-state index contributed by atoms with van der Waals surface area (Å²) in [5.41, 5.74) is 1.09. The molecule has 1 aliphatic carbocycles. The lowest BCUT2D eigenvalue weighted by molar-refractivity contribution is -0.384. The van der Waals surface area contributed by atoms with Crippen molar-refractivity contribution in [1.29, 1.82) is 0 Å². The predicted molar refractivity (Wildman–Crippen MR) is 73.1 cm³/mol. The molecule has 18 heavy (non-hydrogen) atoms. The molecule has 1 N–H and O–H groups in total. The van der Waals surface area contributed by atoms with E-state index in [1.807, 2.05) is 0 Å². The van der Waals surface area contributed by atoms with Gasteiger partial charge in [0.2, 0.25) is 0 Å². The Morgan fingerprint density at radius 2 is 2.22 bits per heavy atom. The number of nitrogens with one attached hydrogen (secondary N) is 1. The molecule has 0 aromatic heterocycles. The largest absolute Gasteiger partial charge is 0.382 e. The van der Waals surface area contributed by atoms with Gasteiger partial charge >= 0.3 is 0 Å². The van der Waals surface area contributed by atoms with E-state index in [-0.39, 0.29) is 10.7 Å². The maximum Gasteiger partial charge on any atom is 0.289 e. The minimum Gasteiger partial charge on any atom is -0.382 e. The molecule has 1 aromatic carbocycles. The summed E-state index contributed by atoms with van der Waals surface area (Å²) in [4.78, 5) is 10.4. The molecule has 0 amide bonds. The molecule has 4 nitrogen and oxygen atoms in total. The van der Waals surface area contributed by atoms with E-state index in [9.17, 15) is 10.1 Å². The van der Waals surface area contributed by atoms with Crippen LogP contribution in [0.25, 0.3) is 0 Å². The van der Waals surface area contributed by atoms with E-state index in [1.54, 1.807) is 12.1 Å². The number of nitro groups is 1. The monoisotopic (exact) mass is 268 g/mol. The van der Waals surface area contributed by atoms with E-state index in [0.717, 1.165) is 18.5 Å². The summed E-state index contributed by atoms with van der Waals surface area (Å²) in [5.74, 6) is 0. The minimum atomic E-state index is -0.452. The topological polar surface area (TPSA) is 55.2 Å². The summed E-state index contributed by atoms with van der Waals surface area (Å²) in [6.07, 6.45) is 3.37. The number of anilines is 1. The highest BCUT2D eigenvalue weighted by Gasteiger charge is 2.30. The van der Waals surface area contributed by atoms with E-state index in [1.165, 1.54) is 12.5 Å². The van der Waals surface area contributed by atoms with Crippen molar-refractivity contribution in [2.24, 2.45) is 5.41 Å². The Balaban J connectivity index is 2.11. The van der Waals surface area contributed by atoms with Gasteiger partial charge in [-0.3, -0.25) is 10.1 Å². The van der Waals surface area contributed by atoms with Gasteiger partial charge in [0.1, 0.15) is 5.02 Å². The Bertz CT molecular complexity index is 474. The molecular weight excluding hydrogens is 252 g/mol. The van der Waals surface area contributed by atoms with Crippen molar-refractivity contribution >= 4 is 23.0 Å². The highest BCUT2D eigenvalue weighted by Crippen LogP contribution is 2.38. The normalized spacial score (nSPS) is 21.8. The van der Waals surface area contributed by atoms with E-state index in [4.69, 9.17) is 11.6 Å². The van der Waals surface area contributed by atoms with Crippen LogP contribution >= 0.6 is 11.6 Å². The molecule has 1 atom stereocenters. The van der Waals surface area contributed by atoms with Gasteiger partial charge < -0.3 is 5.32 Å². The number of nitro benzene ring substituents is 1. The number of nitrogens with zero attached hydrogens (tertiary/aromatic N) is 1. The number of rotatable bonds is 3. The van der Waals surface area contributed by atoms with Gasteiger partial charge in [-0.15, -0.1) is 0 Å². The van der Waals surface area contributed by atoms with Crippen molar-refractivity contribution in [2.75, 3.05) is 5.32 Å². The third-order valence-corrected chi connectivity index (χ3v) is 3.80. The number of hydrogen-bond acceptors (Lipinski definition) is 3. The fourth-order valence-electron chi connectivity index (χ4n) is 2.54. The summed E-state index contributed by atoms with van der Waals surface area (Å²) < 4.78 is 0. The lowest BCUT2D eigenvalue weighted by Crippen LogP contribution is -2.17. The Morgan fingerprint density at radius 1 is 1.50 bits per heavy atom.